The number of hydrogen-bond acceptors (Lipinski definition) is 2. The van der Waals surface area contributed by atoms with E-state index in [0.29, 0.717) is 5.92 Å². The topological polar surface area (TPSA) is 40.5 Å². The van der Waals surface area contributed by atoms with Gasteiger partial charge in [-0.05, 0) is 38.3 Å². The normalized spacial score (nSPS) is 25.4. The van der Waals surface area contributed by atoms with Crippen molar-refractivity contribution in [3.63, 3.8) is 0 Å². The third kappa shape index (κ3) is 3.29. The van der Waals surface area contributed by atoms with Crippen LogP contribution in [-0.4, -0.2) is 35.6 Å². The summed E-state index contributed by atoms with van der Waals surface area (Å²) in [5.41, 5.74) is 0. The second kappa shape index (κ2) is 5.35. The van der Waals surface area contributed by atoms with Gasteiger partial charge in [-0.3, -0.25) is 4.79 Å². The SMILES string of the molecule is CCCN(CCC)CC1CC1C(=O)O. The predicted molar refractivity (Wildman–Crippen MR) is 56.3 cm³/mol. The van der Waals surface area contributed by atoms with E-state index in [4.69, 9.17) is 5.11 Å². The highest BCUT2D eigenvalue weighted by atomic mass is 16.4. The lowest BCUT2D eigenvalue weighted by Crippen LogP contribution is -2.28. The summed E-state index contributed by atoms with van der Waals surface area (Å²) in [5, 5.41) is 8.78. The minimum absolute atomic E-state index is 0.0498. The van der Waals surface area contributed by atoms with Gasteiger partial charge in [-0.1, -0.05) is 13.8 Å². The van der Waals surface area contributed by atoms with E-state index in [1.165, 1.54) is 0 Å². The van der Waals surface area contributed by atoms with Crippen molar-refractivity contribution in [2.24, 2.45) is 11.8 Å². The van der Waals surface area contributed by atoms with E-state index in [1.54, 1.807) is 0 Å². The summed E-state index contributed by atoms with van der Waals surface area (Å²) < 4.78 is 0. The van der Waals surface area contributed by atoms with Crippen LogP contribution in [0.25, 0.3) is 0 Å². The average Bonchev–Trinajstić information content (AvgIpc) is 2.85. The fraction of sp³-hybridized carbons (Fsp3) is 0.909. The molecule has 0 aliphatic heterocycles. The Labute approximate surface area is 86.1 Å². The van der Waals surface area contributed by atoms with Crippen LogP contribution in [0, 0.1) is 11.8 Å². The van der Waals surface area contributed by atoms with Gasteiger partial charge in [-0.25, -0.2) is 0 Å². The quantitative estimate of drug-likeness (QED) is 0.680. The van der Waals surface area contributed by atoms with Crippen LogP contribution in [0.3, 0.4) is 0 Å². The molecule has 2 atom stereocenters. The molecule has 1 fully saturated rings. The number of hydrogen-bond donors (Lipinski definition) is 1. The number of aliphatic carboxylic acids is 1. The molecule has 0 radical (unpaired) electrons. The second-order valence-corrected chi connectivity index (χ2v) is 4.24. The smallest absolute Gasteiger partial charge is 0.306 e. The van der Waals surface area contributed by atoms with Crippen LogP contribution in [0.4, 0.5) is 0 Å². The molecular weight excluding hydrogens is 178 g/mol. The largest absolute Gasteiger partial charge is 0.481 e. The van der Waals surface area contributed by atoms with Crippen molar-refractivity contribution < 1.29 is 9.90 Å². The summed E-state index contributed by atoms with van der Waals surface area (Å²) in [5.74, 6) is -0.236. The average molecular weight is 199 g/mol. The summed E-state index contributed by atoms with van der Waals surface area (Å²) >= 11 is 0. The fourth-order valence-corrected chi connectivity index (χ4v) is 2.01. The van der Waals surface area contributed by atoms with Gasteiger partial charge in [-0.2, -0.15) is 0 Å². The summed E-state index contributed by atoms with van der Waals surface area (Å²) in [4.78, 5) is 13.0. The van der Waals surface area contributed by atoms with Gasteiger partial charge in [0, 0.05) is 6.54 Å². The highest BCUT2D eigenvalue weighted by Crippen LogP contribution is 2.39. The minimum Gasteiger partial charge on any atom is -0.481 e. The number of rotatable bonds is 7. The molecule has 14 heavy (non-hydrogen) atoms. The van der Waals surface area contributed by atoms with Crippen LogP contribution in [0.1, 0.15) is 33.1 Å². The first-order valence-electron chi connectivity index (χ1n) is 5.64. The van der Waals surface area contributed by atoms with Crippen LogP contribution in [0.2, 0.25) is 0 Å². The molecule has 0 aromatic rings. The molecule has 0 aromatic heterocycles. The van der Waals surface area contributed by atoms with Crippen molar-refractivity contribution in [1.82, 2.24) is 4.90 Å². The Morgan fingerprint density at radius 1 is 1.36 bits per heavy atom. The van der Waals surface area contributed by atoms with Crippen molar-refractivity contribution >= 4 is 5.97 Å². The van der Waals surface area contributed by atoms with Gasteiger partial charge in [0.15, 0.2) is 0 Å². The van der Waals surface area contributed by atoms with Gasteiger partial charge >= 0.3 is 5.97 Å². The summed E-state index contributed by atoms with van der Waals surface area (Å²) in [6, 6.07) is 0. The Morgan fingerprint density at radius 3 is 2.29 bits per heavy atom. The van der Waals surface area contributed by atoms with E-state index in [2.05, 4.69) is 18.7 Å². The van der Waals surface area contributed by atoms with E-state index in [-0.39, 0.29) is 5.92 Å². The molecule has 0 amide bonds. The third-order valence-electron chi connectivity index (χ3n) is 2.81. The van der Waals surface area contributed by atoms with Gasteiger partial charge in [0.1, 0.15) is 0 Å². The highest BCUT2D eigenvalue weighted by molar-refractivity contribution is 5.73. The van der Waals surface area contributed by atoms with Crippen LogP contribution < -0.4 is 0 Å². The maximum absolute atomic E-state index is 10.7. The Kier molecular flexibility index (Phi) is 4.39. The zero-order chi connectivity index (χ0) is 10.6. The molecule has 0 heterocycles. The van der Waals surface area contributed by atoms with Crippen LogP contribution >= 0.6 is 0 Å². The first-order chi connectivity index (χ1) is 6.69. The van der Waals surface area contributed by atoms with Gasteiger partial charge in [0.05, 0.1) is 5.92 Å². The van der Waals surface area contributed by atoms with E-state index < -0.39 is 5.97 Å². The molecule has 1 N–H and O–H groups in total. The second-order valence-electron chi connectivity index (χ2n) is 4.24. The fourth-order valence-electron chi connectivity index (χ4n) is 2.01. The molecule has 1 aliphatic rings. The zero-order valence-corrected chi connectivity index (χ0v) is 9.20. The Morgan fingerprint density at radius 2 is 1.93 bits per heavy atom. The molecular formula is C11H21NO2. The van der Waals surface area contributed by atoms with Crippen molar-refractivity contribution in [2.75, 3.05) is 19.6 Å². The molecule has 1 saturated carbocycles. The lowest BCUT2D eigenvalue weighted by Gasteiger charge is -2.20. The van der Waals surface area contributed by atoms with Crippen LogP contribution in [-0.2, 0) is 4.79 Å². The monoisotopic (exact) mass is 199 g/mol. The first-order valence-corrected chi connectivity index (χ1v) is 5.64. The molecule has 82 valence electrons. The lowest BCUT2D eigenvalue weighted by atomic mass is 10.2. The van der Waals surface area contributed by atoms with Gasteiger partial charge in [0.2, 0.25) is 0 Å². The Bertz CT molecular complexity index is 188. The van der Waals surface area contributed by atoms with Crippen molar-refractivity contribution in [2.45, 2.75) is 33.1 Å². The molecule has 3 nitrogen and oxygen atoms in total. The molecule has 2 unspecified atom stereocenters. The van der Waals surface area contributed by atoms with E-state index in [9.17, 15) is 4.79 Å². The van der Waals surface area contributed by atoms with E-state index in [1.807, 2.05) is 0 Å². The number of carbonyl (C=O) groups is 1. The molecule has 0 bridgehead atoms. The summed E-state index contributed by atoms with van der Waals surface area (Å²) in [7, 11) is 0. The van der Waals surface area contributed by atoms with Crippen LogP contribution in [0.15, 0.2) is 0 Å². The first kappa shape index (κ1) is 11.5. The number of carboxylic acids is 1. The highest BCUT2D eigenvalue weighted by Gasteiger charge is 2.43. The van der Waals surface area contributed by atoms with Gasteiger partial charge in [0.25, 0.3) is 0 Å². The van der Waals surface area contributed by atoms with Gasteiger partial charge < -0.3 is 10.0 Å². The molecule has 0 spiro atoms. The molecule has 3 heteroatoms. The van der Waals surface area contributed by atoms with E-state index in [0.717, 1.165) is 38.9 Å². The number of carboxylic acid groups (broad SMARTS) is 1. The van der Waals surface area contributed by atoms with Crippen molar-refractivity contribution in [1.29, 1.82) is 0 Å². The maximum Gasteiger partial charge on any atom is 0.306 e. The maximum atomic E-state index is 10.7. The third-order valence-corrected chi connectivity index (χ3v) is 2.81. The Balaban J connectivity index is 2.23. The number of nitrogens with zero attached hydrogens (tertiary/aromatic N) is 1. The van der Waals surface area contributed by atoms with E-state index >= 15 is 0 Å². The molecule has 1 rings (SSSR count). The van der Waals surface area contributed by atoms with Crippen molar-refractivity contribution in [3.8, 4) is 0 Å². The van der Waals surface area contributed by atoms with Gasteiger partial charge in [-0.15, -0.1) is 0 Å². The predicted octanol–water partition coefficient (Wildman–Crippen LogP) is 1.83. The standard InChI is InChI=1S/C11H21NO2/c1-3-5-12(6-4-2)8-9-7-10(9)11(13)14/h9-10H,3-8H2,1-2H3,(H,13,14). The Hall–Kier alpha value is -0.570. The minimum atomic E-state index is -0.608. The molecule has 0 saturated heterocycles. The van der Waals surface area contributed by atoms with Crippen LogP contribution in [0.5, 0.6) is 0 Å². The lowest BCUT2D eigenvalue weighted by molar-refractivity contribution is -0.138. The molecule has 1 aliphatic carbocycles. The summed E-state index contributed by atoms with van der Waals surface area (Å²) in [6.45, 7) is 7.54. The van der Waals surface area contributed by atoms with Crippen molar-refractivity contribution in [3.05, 3.63) is 0 Å². The zero-order valence-electron chi connectivity index (χ0n) is 9.20. The molecule has 0 aromatic carbocycles. The summed E-state index contributed by atoms with van der Waals surface area (Å²) in [6.07, 6.45) is 3.20.